The highest BCUT2D eigenvalue weighted by Gasteiger charge is 1.97. The molecular weight excluding hydrogens is 224 g/mol. The molecule has 0 aliphatic rings. The van der Waals surface area contributed by atoms with Crippen LogP contribution in [0.15, 0.2) is 59.8 Å². The zero-order valence-electron chi connectivity index (χ0n) is 10.3. The Balaban J connectivity index is 1.95. The number of nitrogens with zero attached hydrogens (tertiary/aromatic N) is 1. The van der Waals surface area contributed by atoms with E-state index in [-0.39, 0.29) is 0 Å². The summed E-state index contributed by atoms with van der Waals surface area (Å²) in [6, 6.07) is 17.5. The molecule has 0 amide bonds. The molecule has 0 atom stereocenters. The first kappa shape index (κ1) is 12.2. The summed E-state index contributed by atoms with van der Waals surface area (Å²) in [4.78, 5) is 5.32. The Morgan fingerprint density at radius 3 is 2.39 bits per heavy atom. The summed E-state index contributed by atoms with van der Waals surface area (Å²) in [5.41, 5.74) is 9.33. The summed E-state index contributed by atoms with van der Waals surface area (Å²) < 4.78 is 0. The summed E-state index contributed by atoms with van der Waals surface area (Å²) in [7, 11) is 0. The lowest BCUT2D eigenvalue weighted by molar-refractivity contribution is 0.130. The topological polar surface area (TPSA) is 47.6 Å². The van der Waals surface area contributed by atoms with Gasteiger partial charge in [-0.1, -0.05) is 47.6 Å². The van der Waals surface area contributed by atoms with Crippen LogP contribution in [0.5, 0.6) is 0 Å². The van der Waals surface area contributed by atoms with E-state index in [1.165, 1.54) is 0 Å². The van der Waals surface area contributed by atoms with Crippen LogP contribution in [0.2, 0.25) is 0 Å². The van der Waals surface area contributed by atoms with Gasteiger partial charge in [-0.05, 0) is 30.2 Å². The van der Waals surface area contributed by atoms with Crippen LogP contribution in [0.25, 0.3) is 0 Å². The van der Waals surface area contributed by atoms with Gasteiger partial charge < -0.3 is 10.6 Å². The van der Waals surface area contributed by atoms with Gasteiger partial charge in [-0.3, -0.25) is 0 Å². The first-order chi connectivity index (χ1) is 8.75. The molecule has 2 N–H and O–H groups in total. The highest BCUT2D eigenvalue weighted by molar-refractivity contribution is 5.98. The molecule has 3 nitrogen and oxygen atoms in total. The van der Waals surface area contributed by atoms with E-state index in [4.69, 9.17) is 10.6 Å². The third kappa shape index (κ3) is 3.35. The number of nitrogens with two attached hydrogens (primary N) is 1. The molecular formula is C15H16N2O. The van der Waals surface area contributed by atoms with Gasteiger partial charge in [-0.2, -0.15) is 0 Å². The van der Waals surface area contributed by atoms with Crippen molar-refractivity contribution in [2.75, 3.05) is 5.73 Å². The largest absolute Gasteiger partial charge is 0.399 e. The van der Waals surface area contributed by atoms with Crippen LogP contribution in [0.1, 0.15) is 18.1 Å². The first-order valence-electron chi connectivity index (χ1n) is 5.82. The van der Waals surface area contributed by atoms with Crippen LogP contribution in [-0.2, 0) is 11.4 Å². The molecule has 0 aliphatic carbocycles. The minimum absolute atomic E-state index is 0.479. The third-order valence-electron chi connectivity index (χ3n) is 2.60. The molecule has 0 unspecified atom stereocenters. The normalized spacial score (nSPS) is 11.3. The summed E-state index contributed by atoms with van der Waals surface area (Å²) in [5, 5.41) is 4.10. The Morgan fingerprint density at radius 2 is 1.72 bits per heavy atom. The molecule has 3 heteroatoms. The second kappa shape index (κ2) is 5.87. The average molecular weight is 240 g/mol. The van der Waals surface area contributed by atoms with Crippen molar-refractivity contribution in [2.24, 2.45) is 5.16 Å². The number of anilines is 1. The van der Waals surface area contributed by atoms with Gasteiger partial charge in [0.15, 0.2) is 0 Å². The van der Waals surface area contributed by atoms with Crippen molar-refractivity contribution in [3.05, 3.63) is 65.7 Å². The molecule has 0 radical (unpaired) electrons. The molecule has 0 aliphatic heterocycles. The van der Waals surface area contributed by atoms with Crippen molar-refractivity contribution in [1.82, 2.24) is 0 Å². The first-order valence-corrected chi connectivity index (χ1v) is 5.82. The van der Waals surface area contributed by atoms with E-state index < -0.39 is 0 Å². The Labute approximate surface area is 107 Å². The third-order valence-corrected chi connectivity index (χ3v) is 2.60. The number of oxime groups is 1. The van der Waals surface area contributed by atoms with E-state index in [1.54, 1.807) is 0 Å². The Hall–Kier alpha value is -2.29. The molecule has 2 aromatic carbocycles. The molecule has 2 aromatic rings. The predicted molar refractivity (Wildman–Crippen MR) is 74.3 cm³/mol. The van der Waals surface area contributed by atoms with Gasteiger partial charge in [-0.15, -0.1) is 0 Å². The molecule has 0 aromatic heterocycles. The van der Waals surface area contributed by atoms with E-state index in [0.717, 1.165) is 22.5 Å². The molecule has 18 heavy (non-hydrogen) atoms. The van der Waals surface area contributed by atoms with Crippen molar-refractivity contribution >= 4 is 11.4 Å². The standard InChI is InChI=1S/C15H16N2O/c1-12(14-7-9-15(16)10-8-14)17-18-11-13-5-3-2-4-6-13/h2-10H,11,16H2,1H3. The van der Waals surface area contributed by atoms with Crippen LogP contribution in [0, 0.1) is 0 Å². The number of nitrogen functional groups attached to an aromatic ring is 1. The SMILES string of the molecule is CC(=NOCc1ccccc1)c1ccc(N)cc1. The van der Waals surface area contributed by atoms with Gasteiger partial charge in [0.05, 0.1) is 5.71 Å². The number of hydrogen-bond donors (Lipinski definition) is 1. The molecule has 0 spiro atoms. The molecule has 0 heterocycles. The van der Waals surface area contributed by atoms with E-state index in [1.807, 2.05) is 61.5 Å². The minimum atomic E-state index is 0.479. The Bertz CT molecular complexity index is 518. The van der Waals surface area contributed by atoms with Gasteiger partial charge in [-0.25, -0.2) is 0 Å². The molecule has 0 fully saturated rings. The summed E-state index contributed by atoms with van der Waals surface area (Å²) in [6.07, 6.45) is 0. The van der Waals surface area contributed by atoms with Gasteiger partial charge in [0.2, 0.25) is 0 Å². The zero-order valence-corrected chi connectivity index (χ0v) is 10.3. The summed E-state index contributed by atoms with van der Waals surface area (Å²) in [6.45, 7) is 2.39. The Kier molecular flexibility index (Phi) is 3.97. The lowest BCUT2D eigenvalue weighted by atomic mass is 10.1. The van der Waals surface area contributed by atoms with Gasteiger partial charge in [0.25, 0.3) is 0 Å². The minimum Gasteiger partial charge on any atom is -0.399 e. The lowest BCUT2D eigenvalue weighted by Gasteiger charge is -2.03. The molecule has 0 bridgehead atoms. The van der Waals surface area contributed by atoms with Crippen LogP contribution in [0.4, 0.5) is 5.69 Å². The molecule has 0 saturated carbocycles. The lowest BCUT2D eigenvalue weighted by Crippen LogP contribution is -1.97. The van der Waals surface area contributed by atoms with Crippen LogP contribution in [-0.4, -0.2) is 5.71 Å². The van der Waals surface area contributed by atoms with Crippen LogP contribution < -0.4 is 5.73 Å². The van der Waals surface area contributed by atoms with E-state index in [2.05, 4.69) is 5.16 Å². The van der Waals surface area contributed by atoms with Crippen molar-refractivity contribution in [3.8, 4) is 0 Å². The van der Waals surface area contributed by atoms with Crippen molar-refractivity contribution < 1.29 is 4.84 Å². The second-order valence-corrected chi connectivity index (χ2v) is 4.06. The van der Waals surface area contributed by atoms with Gasteiger partial charge in [0.1, 0.15) is 6.61 Å². The fourth-order valence-corrected chi connectivity index (χ4v) is 1.55. The molecule has 0 saturated heterocycles. The average Bonchev–Trinajstić information content (AvgIpc) is 2.40. The highest BCUT2D eigenvalue weighted by Crippen LogP contribution is 2.07. The fourth-order valence-electron chi connectivity index (χ4n) is 1.55. The molecule has 2 rings (SSSR count). The second-order valence-electron chi connectivity index (χ2n) is 4.06. The maximum atomic E-state index is 5.63. The quantitative estimate of drug-likeness (QED) is 0.507. The summed E-state index contributed by atoms with van der Waals surface area (Å²) >= 11 is 0. The van der Waals surface area contributed by atoms with Crippen LogP contribution >= 0.6 is 0 Å². The van der Waals surface area contributed by atoms with Crippen molar-refractivity contribution in [1.29, 1.82) is 0 Å². The highest BCUT2D eigenvalue weighted by atomic mass is 16.6. The van der Waals surface area contributed by atoms with E-state index in [0.29, 0.717) is 6.61 Å². The van der Waals surface area contributed by atoms with Crippen molar-refractivity contribution in [2.45, 2.75) is 13.5 Å². The predicted octanol–water partition coefficient (Wildman–Crippen LogP) is 3.21. The van der Waals surface area contributed by atoms with E-state index in [9.17, 15) is 0 Å². The number of benzene rings is 2. The summed E-state index contributed by atoms with van der Waals surface area (Å²) in [5.74, 6) is 0. The fraction of sp³-hybridized carbons (Fsp3) is 0.133. The number of hydrogen-bond acceptors (Lipinski definition) is 3. The maximum Gasteiger partial charge on any atom is 0.142 e. The monoisotopic (exact) mass is 240 g/mol. The van der Waals surface area contributed by atoms with E-state index >= 15 is 0 Å². The molecule has 92 valence electrons. The van der Waals surface area contributed by atoms with Crippen molar-refractivity contribution in [3.63, 3.8) is 0 Å². The van der Waals surface area contributed by atoms with Gasteiger partial charge >= 0.3 is 0 Å². The maximum absolute atomic E-state index is 5.63. The zero-order chi connectivity index (χ0) is 12.8. The number of rotatable bonds is 4. The van der Waals surface area contributed by atoms with Crippen LogP contribution in [0.3, 0.4) is 0 Å². The van der Waals surface area contributed by atoms with Gasteiger partial charge in [0, 0.05) is 5.69 Å². The smallest absolute Gasteiger partial charge is 0.142 e. The Morgan fingerprint density at radius 1 is 1.06 bits per heavy atom.